The van der Waals surface area contributed by atoms with Gasteiger partial charge in [0, 0.05) is 36.5 Å². The van der Waals surface area contributed by atoms with Crippen LogP contribution in [0.4, 0.5) is 0 Å². The Labute approximate surface area is 187 Å². The zero-order valence-electron chi connectivity index (χ0n) is 19.1. The average Bonchev–Trinajstić information content (AvgIpc) is 2.88. The molecule has 5 nitrogen and oxygen atoms in total. The molecule has 1 saturated heterocycles. The summed E-state index contributed by atoms with van der Waals surface area (Å²) < 4.78 is 0. The van der Waals surface area contributed by atoms with Crippen LogP contribution in [0, 0.1) is 17.8 Å². The smallest absolute Gasteiger partial charge is 0.128 e. The Morgan fingerprint density at radius 3 is 2.84 bits per heavy atom. The molecule has 2 aliphatic rings. The predicted molar refractivity (Wildman–Crippen MR) is 130 cm³/mol. The van der Waals surface area contributed by atoms with Crippen LogP contribution in [0.2, 0.25) is 0 Å². The molecule has 1 aromatic rings. The quantitative estimate of drug-likeness (QED) is 0.397. The van der Waals surface area contributed by atoms with Crippen LogP contribution in [0.1, 0.15) is 45.1 Å². The van der Waals surface area contributed by atoms with Crippen molar-refractivity contribution in [2.75, 3.05) is 19.6 Å². The number of hydrogen-bond acceptors (Lipinski definition) is 5. The van der Waals surface area contributed by atoms with E-state index in [0.717, 1.165) is 37.3 Å². The summed E-state index contributed by atoms with van der Waals surface area (Å²) in [6.45, 7) is 8.93. The van der Waals surface area contributed by atoms with Gasteiger partial charge in [-0.15, -0.1) is 0 Å². The number of benzene rings is 1. The van der Waals surface area contributed by atoms with E-state index in [1.807, 2.05) is 12.2 Å². The number of hydrogen-bond donors (Lipinski definition) is 4. The lowest BCUT2D eigenvalue weighted by Gasteiger charge is -2.34. The number of allylic oxidation sites excluding steroid dienone is 4. The Morgan fingerprint density at radius 1 is 1.26 bits per heavy atom. The van der Waals surface area contributed by atoms with Gasteiger partial charge in [-0.2, -0.15) is 5.10 Å². The zero-order chi connectivity index (χ0) is 22.1. The fraction of sp³-hybridized carbons (Fsp3) is 0.500. The predicted octanol–water partition coefficient (Wildman–Crippen LogP) is 3.93. The van der Waals surface area contributed by atoms with Crippen molar-refractivity contribution in [1.29, 1.82) is 0 Å². The first-order valence-corrected chi connectivity index (χ1v) is 11.6. The molecule has 0 amide bonds. The number of aliphatic hydroxyl groups excluding tert-OH is 1. The van der Waals surface area contributed by atoms with Gasteiger partial charge in [0.2, 0.25) is 0 Å². The van der Waals surface area contributed by atoms with Crippen LogP contribution in [0.15, 0.2) is 71.5 Å². The number of nitrogens with one attached hydrogen (secondary N) is 3. The van der Waals surface area contributed by atoms with Crippen LogP contribution >= 0.6 is 0 Å². The summed E-state index contributed by atoms with van der Waals surface area (Å²) in [5.41, 5.74) is 6.55. The zero-order valence-corrected chi connectivity index (χ0v) is 19.1. The maximum Gasteiger partial charge on any atom is 0.128 e. The number of hydrazone groups is 1. The number of nitrogens with zero attached hydrogens (tertiary/aromatic N) is 1. The van der Waals surface area contributed by atoms with Crippen molar-refractivity contribution in [1.82, 2.24) is 16.1 Å². The summed E-state index contributed by atoms with van der Waals surface area (Å²) in [7, 11) is 0. The third kappa shape index (κ3) is 6.81. The molecule has 4 N–H and O–H groups in total. The molecule has 0 saturated carbocycles. The molecule has 31 heavy (non-hydrogen) atoms. The molecule has 5 unspecified atom stereocenters. The minimum absolute atomic E-state index is 0.147. The molecule has 1 fully saturated rings. The topological polar surface area (TPSA) is 68.7 Å². The Bertz CT molecular complexity index is 799. The highest BCUT2D eigenvalue weighted by Gasteiger charge is 2.28. The largest absolute Gasteiger partial charge is 0.373 e. The van der Waals surface area contributed by atoms with Crippen LogP contribution in [0.25, 0.3) is 0 Å². The van der Waals surface area contributed by atoms with Crippen molar-refractivity contribution in [2.45, 2.75) is 45.8 Å². The monoisotopic (exact) mass is 422 g/mol. The van der Waals surface area contributed by atoms with Gasteiger partial charge < -0.3 is 21.2 Å². The molecule has 0 spiro atoms. The highest BCUT2D eigenvalue weighted by Crippen LogP contribution is 2.28. The highest BCUT2D eigenvalue weighted by atomic mass is 16.3. The fourth-order valence-corrected chi connectivity index (χ4v) is 4.42. The maximum absolute atomic E-state index is 11.0. The first-order valence-electron chi connectivity index (χ1n) is 11.6. The van der Waals surface area contributed by atoms with Gasteiger partial charge >= 0.3 is 0 Å². The molecule has 0 aliphatic carbocycles. The van der Waals surface area contributed by atoms with Gasteiger partial charge in [-0.05, 0) is 30.4 Å². The van der Waals surface area contributed by atoms with Gasteiger partial charge in [0.1, 0.15) is 6.23 Å². The van der Waals surface area contributed by atoms with Gasteiger partial charge in [-0.3, -0.25) is 0 Å². The van der Waals surface area contributed by atoms with E-state index in [1.165, 1.54) is 5.56 Å². The summed E-state index contributed by atoms with van der Waals surface area (Å²) in [4.78, 5) is 0. The second-order valence-corrected chi connectivity index (χ2v) is 8.69. The average molecular weight is 423 g/mol. The summed E-state index contributed by atoms with van der Waals surface area (Å²) in [5, 5.41) is 22.5. The lowest BCUT2D eigenvalue weighted by atomic mass is 9.84. The first-order chi connectivity index (χ1) is 15.1. The Morgan fingerprint density at radius 2 is 2.06 bits per heavy atom. The van der Waals surface area contributed by atoms with Crippen LogP contribution in [0.3, 0.4) is 0 Å². The van der Waals surface area contributed by atoms with Crippen LogP contribution in [-0.4, -0.2) is 36.7 Å². The molecule has 3 rings (SSSR count). The molecular formula is C26H38N4O. The summed E-state index contributed by atoms with van der Waals surface area (Å²) >= 11 is 0. The number of piperidine rings is 1. The van der Waals surface area contributed by atoms with E-state index in [-0.39, 0.29) is 17.8 Å². The second kappa shape index (κ2) is 11.9. The number of aliphatic hydroxyl groups is 1. The molecule has 5 heteroatoms. The van der Waals surface area contributed by atoms with Crippen molar-refractivity contribution in [2.24, 2.45) is 22.9 Å². The van der Waals surface area contributed by atoms with E-state index >= 15 is 0 Å². The van der Waals surface area contributed by atoms with E-state index in [2.05, 4.69) is 90.5 Å². The van der Waals surface area contributed by atoms with Crippen molar-refractivity contribution in [3.8, 4) is 0 Å². The van der Waals surface area contributed by atoms with E-state index < -0.39 is 6.23 Å². The van der Waals surface area contributed by atoms with Crippen LogP contribution < -0.4 is 16.1 Å². The third-order valence-electron chi connectivity index (χ3n) is 6.15. The first kappa shape index (κ1) is 23.3. The van der Waals surface area contributed by atoms with Gasteiger partial charge in [-0.25, -0.2) is 0 Å². The van der Waals surface area contributed by atoms with E-state index in [0.29, 0.717) is 12.5 Å². The summed E-state index contributed by atoms with van der Waals surface area (Å²) in [5.74, 6) is 0.989. The molecule has 0 bridgehead atoms. The minimum Gasteiger partial charge on any atom is -0.373 e. The lowest BCUT2D eigenvalue weighted by Crippen LogP contribution is -2.45. The van der Waals surface area contributed by atoms with Crippen LogP contribution in [-0.2, 0) is 0 Å². The molecule has 168 valence electrons. The standard InChI is InChI=1S/C26H38N4O/c1-4-5-10-19(2)25-20(3)15-24(13-9-14-28-30-25)29-26(31)23-16-22(17-27-18-23)21-11-7-6-8-12-21/h5-13,15,19-20,22-23,26-29,31H,4,14,16-18H2,1-3H3/b10-5-,13-9-,24-15+,30-25-. The Balaban J connectivity index is 1.68. The maximum atomic E-state index is 11.0. The minimum atomic E-state index is -0.603. The van der Waals surface area contributed by atoms with Gasteiger partial charge in [-0.1, -0.05) is 75.4 Å². The molecule has 2 aliphatic heterocycles. The van der Waals surface area contributed by atoms with Gasteiger partial charge in [0.25, 0.3) is 0 Å². The summed E-state index contributed by atoms with van der Waals surface area (Å²) in [6, 6.07) is 10.6. The van der Waals surface area contributed by atoms with Crippen molar-refractivity contribution < 1.29 is 5.11 Å². The van der Waals surface area contributed by atoms with Crippen LogP contribution in [0.5, 0.6) is 0 Å². The normalized spacial score (nSPS) is 31.0. The lowest BCUT2D eigenvalue weighted by molar-refractivity contribution is 0.0670. The SMILES string of the molecule is CC/C=C\C(C)/C1=N/NC/C=C\C(NC(O)C2CNCC(c3ccccc3)C2)=C/C1C. The summed E-state index contributed by atoms with van der Waals surface area (Å²) in [6.07, 6.45) is 12.1. The number of rotatable bonds is 7. The molecular weight excluding hydrogens is 384 g/mol. The van der Waals surface area contributed by atoms with Gasteiger partial charge in [0.05, 0.1) is 12.3 Å². The van der Waals surface area contributed by atoms with Gasteiger partial charge in [0.15, 0.2) is 0 Å². The molecule has 5 atom stereocenters. The fourth-order valence-electron chi connectivity index (χ4n) is 4.42. The van der Waals surface area contributed by atoms with E-state index in [4.69, 9.17) is 0 Å². The molecule has 0 radical (unpaired) electrons. The van der Waals surface area contributed by atoms with Crippen molar-refractivity contribution in [3.63, 3.8) is 0 Å². The van der Waals surface area contributed by atoms with Crippen molar-refractivity contribution in [3.05, 3.63) is 72.0 Å². The molecule has 2 heterocycles. The highest BCUT2D eigenvalue weighted by molar-refractivity contribution is 5.91. The second-order valence-electron chi connectivity index (χ2n) is 8.69. The molecule has 0 aromatic heterocycles. The Hall–Kier alpha value is -2.37. The van der Waals surface area contributed by atoms with E-state index in [1.54, 1.807) is 0 Å². The van der Waals surface area contributed by atoms with Crippen molar-refractivity contribution >= 4 is 5.71 Å². The third-order valence-corrected chi connectivity index (χ3v) is 6.15. The molecule has 1 aromatic carbocycles. The Kier molecular flexibility index (Phi) is 8.92. The van der Waals surface area contributed by atoms with E-state index in [9.17, 15) is 5.11 Å².